The lowest BCUT2D eigenvalue weighted by Gasteiger charge is -2.15. The van der Waals surface area contributed by atoms with Gasteiger partial charge < -0.3 is 0 Å². The molecule has 28 heavy (non-hydrogen) atoms. The highest BCUT2D eigenvalue weighted by atomic mass is 16.1. The Morgan fingerprint density at radius 1 is 1.00 bits per heavy atom. The SMILES string of the molecule is CC1=CC(C)=C(CCC(=O)c2ccc(C(C)Cc3ccccc3)cc2)C(=O)C1. The molecule has 2 heteroatoms. The van der Waals surface area contributed by atoms with Crippen molar-refractivity contribution in [1.82, 2.24) is 0 Å². The zero-order chi connectivity index (χ0) is 20.1. The number of hydrogen-bond donors (Lipinski definition) is 0. The van der Waals surface area contributed by atoms with Crippen molar-refractivity contribution in [2.24, 2.45) is 0 Å². The largest absolute Gasteiger partial charge is 0.294 e. The molecule has 1 aliphatic rings. The van der Waals surface area contributed by atoms with Crippen LogP contribution in [0.4, 0.5) is 0 Å². The van der Waals surface area contributed by atoms with Gasteiger partial charge in [-0.05, 0) is 54.9 Å². The molecular weight excluding hydrogens is 344 g/mol. The summed E-state index contributed by atoms with van der Waals surface area (Å²) in [4.78, 5) is 24.8. The maximum atomic E-state index is 12.6. The summed E-state index contributed by atoms with van der Waals surface area (Å²) >= 11 is 0. The first-order valence-electron chi connectivity index (χ1n) is 10.0. The fraction of sp³-hybridized carbons (Fsp3) is 0.308. The Labute approximate surface area is 168 Å². The highest BCUT2D eigenvalue weighted by Gasteiger charge is 2.18. The molecule has 0 fully saturated rings. The Balaban J connectivity index is 1.61. The molecule has 0 saturated heterocycles. The van der Waals surface area contributed by atoms with Gasteiger partial charge in [0.25, 0.3) is 0 Å². The molecule has 0 N–H and O–H groups in total. The van der Waals surface area contributed by atoms with Crippen molar-refractivity contribution in [3.8, 4) is 0 Å². The maximum absolute atomic E-state index is 12.6. The minimum Gasteiger partial charge on any atom is -0.294 e. The number of allylic oxidation sites excluding steroid dienone is 4. The zero-order valence-electron chi connectivity index (χ0n) is 17.0. The maximum Gasteiger partial charge on any atom is 0.163 e. The number of hydrogen-bond acceptors (Lipinski definition) is 2. The molecule has 3 rings (SSSR count). The van der Waals surface area contributed by atoms with E-state index < -0.39 is 0 Å². The van der Waals surface area contributed by atoms with Gasteiger partial charge in [0, 0.05) is 18.4 Å². The summed E-state index contributed by atoms with van der Waals surface area (Å²) in [7, 11) is 0. The third-order valence-corrected chi connectivity index (χ3v) is 5.50. The lowest BCUT2D eigenvalue weighted by molar-refractivity contribution is -0.115. The van der Waals surface area contributed by atoms with Gasteiger partial charge in [0.15, 0.2) is 11.6 Å². The van der Waals surface area contributed by atoms with E-state index in [1.807, 2.05) is 32.0 Å². The average molecular weight is 373 g/mol. The van der Waals surface area contributed by atoms with Crippen molar-refractivity contribution >= 4 is 11.6 Å². The molecule has 0 saturated carbocycles. The van der Waals surface area contributed by atoms with Crippen molar-refractivity contribution in [2.45, 2.75) is 52.4 Å². The van der Waals surface area contributed by atoms with Crippen LogP contribution in [0.3, 0.4) is 0 Å². The summed E-state index contributed by atoms with van der Waals surface area (Å²) in [6.45, 7) is 6.15. The van der Waals surface area contributed by atoms with Gasteiger partial charge in [-0.1, -0.05) is 73.2 Å². The van der Waals surface area contributed by atoms with Crippen molar-refractivity contribution < 1.29 is 9.59 Å². The second kappa shape index (κ2) is 8.97. The van der Waals surface area contributed by atoms with E-state index in [0.29, 0.717) is 25.2 Å². The van der Waals surface area contributed by atoms with Gasteiger partial charge in [-0.2, -0.15) is 0 Å². The summed E-state index contributed by atoms with van der Waals surface area (Å²) in [5.74, 6) is 0.659. The highest BCUT2D eigenvalue weighted by Crippen LogP contribution is 2.25. The van der Waals surface area contributed by atoms with Crippen molar-refractivity contribution in [3.05, 3.63) is 94.1 Å². The molecular formula is C26H28O2. The predicted molar refractivity (Wildman–Crippen MR) is 115 cm³/mol. The third kappa shape index (κ3) is 4.95. The normalized spacial score (nSPS) is 15.4. The van der Waals surface area contributed by atoms with Crippen LogP contribution in [0, 0.1) is 0 Å². The van der Waals surface area contributed by atoms with Crippen LogP contribution in [0.25, 0.3) is 0 Å². The van der Waals surface area contributed by atoms with E-state index in [1.165, 1.54) is 11.1 Å². The summed E-state index contributed by atoms with van der Waals surface area (Å²) in [6, 6.07) is 18.4. The van der Waals surface area contributed by atoms with Crippen LogP contribution in [0.15, 0.2) is 77.4 Å². The number of rotatable bonds is 7. The van der Waals surface area contributed by atoms with Crippen LogP contribution in [-0.2, 0) is 11.2 Å². The molecule has 0 radical (unpaired) electrons. The van der Waals surface area contributed by atoms with Crippen LogP contribution < -0.4 is 0 Å². The van der Waals surface area contributed by atoms with Gasteiger partial charge in [0.05, 0.1) is 0 Å². The summed E-state index contributed by atoms with van der Waals surface area (Å²) in [6.07, 6.45) is 4.43. The smallest absolute Gasteiger partial charge is 0.163 e. The molecule has 2 nitrogen and oxygen atoms in total. The first-order chi connectivity index (χ1) is 13.4. The molecule has 0 bridgehead atoms. The second-order valence-corrected chi connectivity index (χ2v) is 7.89. The van der Waals surface area contributed by atoms with E-state index in [-0.39, 0.29) is 11.6 Å². The van der Waals surface area contributed by atoms with E-state index in [2.05, 4.69) is 49.4 Å². The average Bonchev–Trinajstić information content (AvgIpc) is 2.68. The second-order valence-electron chi connectivity index (χ2n) is 7.89. The number of benzene rings is 2. The molecule has 1 aliphatic carbocycles. The highest BCUT2D eigenvalue weighted by molar-refractivity contribution is 6.01. The Kier molecular flexibility index (Phi) is 6.41. The Morgan fingerprint density at radius 3 is 2.32 bits per heavy atom. The topological polar surface area (TPSA) is 34.1 Å². The number of Topliss-reactive ketones (excluding diaryl/α,β-unsaturated/α-hetero) is 2. The predicted octanol–water partition coefficient (Wildman–Crippen LogP) is 6.23. The molecule has 1 atom stereocenters. The van der Waals surface area contributed by atoms with Crippen molar-refractivity contribution in [2.75, 3.05) is 0 Å². The summed E-state index contributed by atoms with van der Waals surface area (Å²) in [5, 5.41) is 0. The molecule has 0 spiro atoms. The fourth-order valence-electron chi connectivity index (χ4n) is 3.89. The standard InChI is InChI=1S/C26H28O2/c1-18-15-20(3)24(26(28)16-18)13-14-25(27)23-11-9-22(10-12-23)19(2)17-21-7-5-4-6-8-21/h4-12,15,19H,13-14,16-17H2,1-3H3. The van der Waals surface area contributed by atoms with Crippen molar-refractivity contribution in [3.63, 3.8) is 0 Å². The van der Waals surface area contributed by atoms with Gasteiger partial charge in [-0.3, -0.25) is 9.59 Å². The molecule has 0 aromatic heterocycles. The Hall–Kier alpha value is -2.74. The molecule has 0 aliphatic heterocycles. The third-order valence-electron chi connectivity index (χ3n) is 5.50. The minimum atomic E-state index is 0.0987. The van der Waals surface area contributed by atoms with Crippen molar-refractivity contribution in [1.29, 1.82) is 0 Å². The Morgan fingerprint density at radius 2 is 1.68 bits per heavy atom. The number of carbonyl (C=O) groups excluding carboxylic acids is 2. The summed E-state index contributed by atoms with van der Waals surface area (Å²) < 4.78 is 0. The molecule has 1 unspecified atom stereocenters. The van der Waals surface area contributed by atoms with Crippen LogP contribution in [0.5, 0.6) is 0 Å². The van der Waals surface area contributed by atoms with Gasteiger partial charge >= 0.3 is 0 Å². The van der Waals surface area contributed by atoms with Crippen LogP contribution in [-0.4, -0.2) is 11.6 Å². The van der Waals surface area contributed by atoms with E-state index in [4.69, 9.17) is 0 Å². The van der Waals surface area contributed by atoms with Crippen LogP contribution >= 0.6 is 0 Å². The van der Waals surface area contributed by atoms with E-state index in [9.17, 15) is 9.59 Å². The minimum absolute atomic E-state index is 0.0987. The van der Waals surface area contributed by atoms with E-state index in [1.54, 1.807) is 0 Å². The first kappa shape index (κ1) is 20.0. The van der Waals surface area contributed by atoms with Gasteiger partial charge in [-0.25, -0.2) is 0 Å². The first-order valence-corrected chi connectivity index (χ1v) is 10.0. The molecule has 0 amide bonds. The number of ketones is 2. The quantitative estimate of drug-likeness (QED) is 0.540. The lowest BCUT2D eigenvalue weighted by atomic mass is 9.88. The zero-order valence-corrected chi connectivity index (χ0v) is 17.0. The monoisotopic (exact) mass is 372 g/mol. The van der Waals surface area contributed by atoms with E-state index >= 15 is 0 Å². The van der Waals surface area contributed by atoms with Gasteiger partial charge in [0.2, 0.25) is 0 Å². The van der Waals surface area contributed by atoms with Crippen LogP contribution in [0.2, 0.25) is 0 Å². The van der Waals surface area contributed by atoms with Crippen LogP contribution in [0.1, 0.15) is 67.4 Å². The molecule has 2 aromatic rings. The molecule has 0 heterocycles. The molecule has 2 aromatic carbocycles. The fourth-order valence-corrected chi connectivity index (χ4v) is 3.89. The van der Waals surface area contributed by atoms with Gasteiger partial charge in [-0.15, -0.1) is 0 Å². The van der Waals surface area contributed by atoms with Gasteiger partial charge in [0.1, 0.15) is 0 Å². The number of carbonyl (C=O) groups is 2. The summed E-state index contributed by atoms with van der Waals surface area (Å²) in [5.41, 5.74) is 6.20. The van der Waals surface area contributed by atoms with E-state index in [0.717, 1.165) is 28.7 Å². The lowest BCUT2D eigenvalue weighted by Crippen LogP contribution is -2.11. The Bertz CT molecular complexity index is 915. The molecule has 144 valence electrons.